The number of rotatable bonds is 4. The Morgan fingerprint density at radius 1 is 1.30 bits per heavy atom. The van der Waals surface area contributed by atoms with E-state index in [0.29, 0.717) is 12.8 Å². The Hall–Kier alpha value is -2.11. The molecule has 2 unspecified atom stereocenters. The molecular formula is C14H17FN2O3. The highest BCUT2D eigenvalue weighted by Crippen LogP contribution is 2.28. The molecule has 0 aromatic heterocycles. The molecule has 1 aliphatic rings. The van der Waals surface area contributed by atoms with Crippen LogP contribution in [0.1, 0.15) is 36.0 Å². The van der Waals surface area contributed by atoms with Crippen LogP contribution in [-0.4, -0.2) is 23.0 Å². The zero-order valence-electron chi connectivity index (χ0n) is 10.9. The third kappa shape index (κ3) is 3.07. The number of carbonyl (C=O) groups excluding carboxylic acids is 1. The van der Waals surface area contributed by atoms with Gasteiger partial charge in [0.25, 0.3) is 0 Å². The summed E-state index contributed by atoms with van der Waals surface area (Å²) >= 11 is 0. The van der Waals surface area contributed by atoms with E-state index in [-0.39, 0.29) is 17.3 Å². The van der Waals surface area contributed by atoms with Gasteiger partial charge in [0.15, 0.2) is 0 Å². The highest BCUT2D eigenvalue weighted by Gasteiger charge is 2.31. The van der Waals surface area contributed by atoms with Crippen molar-refractivity contribution in [3.63, 3.8) is 0 Å². The van der Waals surface area contributed by atoms with Crippen molar-refractivity contribution < 1.29 is 19.1 Å². The Morgan fingerprint density at radius 2 is 2.00 bits per heavy atom. The van der Waals surface area contributed by atoms with Crippen LogP contribution in [0.15, 0.2) is 18.2 Å². The molecule has 0 spiro atoms. The van der Waals surface area contributed by atoms with Gasteiger partial charge in [-0.1, -0.05) is 12.8 Å². The van der Waals surface area contributed by atoms with Crippen LogP contribution in [0.5, 0.6) is 0 Å². The highest BCUT2D eigenvalue weighted by atomic mass is 19.1. The monoisotopic (exact) mass is 280 g/mol. The van der Waals surface area contributed by atoms with E-state index in [0.717, 1.165) is 18.9 Å². The SMILES string of the molecule is NC(=O)c1ccc(NC2CCCCC2C(=O)O)c(F)c1. The normalized spacial score (nSPS) is 22.2. The maximum atomic E-state index is 13.9. The van der Waals surface area contributed by atoms with E-state index >= 15 is 0 Å². The van der Waals surface area contributed by atoms with Gasteiger partial charge in [-0.3, -0.25) is 9.59 Å². The first kappa shape index (κ1) is 14.3. The van der Waals surface area contributed by atoms with Crippen LogP contribution in [0, 0.1) is 11.7 Å². The molecule has 0 radical (unpaired) electrons. The molecule has 1 amide bonds. The Labute approximate surface area is 116 Å². The Balaban J connectivity index is 2.16. The lowest BCUT2D eigenvalue weighted by Gasteiger charge is -2.30. The van der Waals surface area contributed by atoms with E-state index in [2.05, 4.69) is 5.32 Å². The third-order valence-corrected chi connectivity index (χ3v) is 3.68. The molecule has 1 fully saturated rings. The fraction of sp³-hybridized carbons (Fsp3) is 0.429. The van der Waals surface area contributed by atoms with Crippen molar-refractivity contribution in [2.75, 3.05) is 5.32 Å². The van der Waals surface area contributed by atoms with Crippen LogP contribution < -0.4 is 11.1 Å². The van der Waals surface area contributed by atoms with Crippen LogP contribution in [0.2, 0.25) is 0 Å². The molecule has 1 aromatic rings. The summed E-state index contributed by atoms with van der Waals surface area (Å²) in [4.78, 5) is 22.1. The number of aliphatic carboxylic acids is 1. The van der Waals surface area contributed by atoms with E-state index in [4.69, 9.17) is 5.73 Å². The molecule has 1 saturated carbocycles. The molecule has 0 bridgehead atoms. The van der Waals surface area contributed by atoms with Gasteiger partial charge >= 0.3 is 5.97 Å². The average molecular weight is 280 g/mol. The van der Waals surface area contributed by atoms with E-state index in [9.17, 15) is 19.1 Å². The molecule has 108 valence electrons. The number of carboxylic acids is 1. The first-order valence-electron chi connectivity index (χ1n) is 6.57. The Morgan fingerprint density at radius 3 is 2.60 bits per heavy atom. The molecule has 2 rings (SSSR count). The second-order valence-electron chi connectivity index (χ2n) is 5.04. The average Bonchev–Trinajstić information content (AvgIpc) is 2.41. The molecule has 0 saturated heterocycles. The summed E-state index contributed by atoms with van der Waals surface area (Å²) in [7, 11) is 0. The number of anilines is 1. The molecule has 2 atom stereocenters. The quantitative estimate of drug-likeness (QED) is 0.786. The van der Waals surface area contributed by atoms with Gasteiger partial charge < -0.3 is 16.2 Å². The number of nitrogens with one attached hydrogen (secondary N) is 1. The topological polar surface area (TPSA) is 92.4 Å². The largest absolute Gasteiger partial charge is 0.481 e. The van der Waals surface area contributed by atoms with Crippen LogP contribution in [0.25, 0.3) is 0 Å². The van der Waals surface area contributed by atoms with Gasteiger partial charge in [0.2, 0.25) is 5.91 Å². The van der Waals surface area contributed by atoms with Gasteiger partial charge in [0.05, 0.1) is 11.6 Å². The molecule has 20 heavy (non-hydrogen) atoms. The lowest BCUT2D eigenvalue weighted by molar-refractivity contribution is -0.143. The lowest BCUT2D eigenvalue weighted by atomic mass is 9.84. The summed E-state index contributed by atoms with van der Waals surface area (Å²) in [6.45, 7) is 0. The Kier molecular flexibility index (Phi) is 4.22. The number of benzene rings is 1. The number of carboxylic acid groups (broad SMARTS) is 1. The molecule has 5 nitrogen and oxygen atoms in total. The number of nitrogens with two attached hydrogens (primary N) is 1. The second kappa shape index (κ2) is 5.90. The maximum Gasteiger partial charge on any atom is 0.308 e. The van der Waals surface area contributed by atoms with Gasteiger partial charge in [-0.05, 0) is 31.0 Å². The van der Waals surface area contributed by atoms with Crippen molar-refractivity contribution in [1.29, 1.82) is 0 Å². The van der Waals surface area contributed by atoms with E-state index in [1.807, 2.05) is 0 Å². The standard InChI is InChI=1S/C14H17FN2O3/c15-10-7-8(13(16)18)5-6-12(10)17-11-4-2-1-3-9(11)14(19)20/h5-7,9,11,17H,1-4H2,(H2,16,18)(H,19,20). The summed E-state index contributed by atoms with van der Waals surface area (Å²) in [5.74, 6) is -2.68. The van der Waals surface area contributed by atoms with Gasteiger partial charge in [-0.25, -0.2) is 4.39 Å². The first-order valence-corrected chi connectivity index (χ1v) is 6.57. The van der Waals surface area contributed by atoms with Gasteiger partial charge in [-0.15, -0.1) is 0 Å². The first-order chi connectivity index (χ1) is 9.49. The fourth-order valence-electron chi connectivity index (χ4n) is 2.58. The summed E-state index contributed by atoms with van der Waals surface area (Å²) in [6.07, 6.45) is 3.07. The molecule has 0 aliphatic heterocycles. The predicted molar refractivity (Wildman–Crippen MR) is 71.9 cm³/mol. The van der Waals surface area contributed by atoms with Crippen molar-refractivity contribution in [1.82, 2.24) is 0 Å². The van der Waals surface area contributed by atoms with Crippen molar-refractivity contribution in [3.8, 4) is 0 Å². The number of primary amides is 1. The van der Waals surface area contributed by atoms with E-state index in [1.165, 1.54) is 12.1 Å². The third-order valence-electron chi connectivity index (χ3n) is 3.68. The van der Waals surface area contributed by atoms with Gasteiger partial charge in [0, 0.05) is 11.6 Å². The van der Waals surface area contributed by atoms with Gasteiger partial charge in [-0.2, -0.15) is 0 Å². The lowest BCUT2D eigenvalue weighted by Crippen LogP contribution is -2.37. The zero-order valence-corrected chi connectivity index (χ0v) is 10.9. The minimum Gasteiger partial charge on any atom is -0.481 e. The molecule has 0 heterocycles. The second-order valence-corrected chi connectivity index (χ2v) is 5.04. The van der Waals surface area contributed by atoms with Crippen LogP contribution >= 0.6 is 0 Å². The van der Waals surface area contributed by atoms with Gasteiger partial charge in [0.1, 0.15) is 5.82 Å². The van der Waals surface area contributed by atoms with Crippen molar-refractivity contribution in [2.45, 2.75) is 31.7 Å². The minimum absolute atomic E-state index is 0.0893. The molecule has 6 heteroatoms. The number of carbonyl (C=O) groups is 2. The molecule has 4 N–H and O–H groups in total. The fourth-order valence-corrected chi connectivity index (χ4v) is 2.58. The summed E-state index contributed by atoms with van der Waals surface area (Å²) in [5.41, 5.74) is 5.37. The summed E-state index contributed by atoms with van der Waals surface area (Å²) in [6, 6.07) is 3.61. The van der Waals surface area contributed by atoms with Crippen molar-refractivity contribution >= 4 is 17.6 Å². The molecule has 1 aromatic carbocycles. The number of hydrogen-bond donors (Lipinski definition) is 3. The van der Waals surface area contributed by atoms with E-state index in [1.54, 1.807) is 0 Å². The minimum atomic E-state index is -0.864. The molecule has 1 aliphatic carbocycles. The predicted octanol–water partition coefficient (Wildman–Crippen LogP) is 1.98. The number of amides is 1. The summed E-state index contributed by atoms with van der Waals surface area (Å²) in [5, 5.41) is 12.1. The van der Waals surface area contributed by atoms with Crippen LogP contribution in [0.3, 0.4) is 0 Å². The molecular weight excluding hydrogens is 263 g/mol. The smallest absolute Gasteiger partial charge is 0.308 e. The van der Waals surface area contributed by atoms with Crippen molar-refractivity contribution in [2.24, 2.45) is 11.7 Å². The van der Waals surface area contributed by atoms with Crippen molar-refractivity contribution in [3.05, 3.63) is 29.6 Å². The Bertz CT molecular complexity index is 533. The maximum absolute atomic E-state index is 13.9. The van der Waals surface area contributed by atoms with E-state index < -0.39 is 23.6 Å². The van der Waals surface area contributed by atoms with Crippen LogP contribution in [0.4, 0.5) is 10.1 Å². The number of halogens is 1. The zero-order chi connectivity index (χ0) is 14.7. The number of hydrogen-bond acceptors (Lipinski definition) is 3. The highest BCUT2D eigenvalue weighted by molar-refractivity contribution is 5.93. The van der Waals surface area contributed by atoms with Crippen LogP contribution in [-0.2, 0) is 4.79 Å². The summed E-state index contributed by atoms with van der Waals surface area (Å²) < 4.78 is 13.9.